The van der Waals surface area contributed by atoms with Gasteiger partial charge in [-0.15, -0.1) is 0 Å². The van der Waals surface area contributed by atoms with E-state index >= 15 is 0 Å². The highest BCUT2D eigenvalue weighted by atomic mass is 14.9. The van der Waals surface area contributed by atoms with Crippen LogP contribution in [0.5, 0.6) is 0 Å². The highest BCUT2D eigenvalue weighted by Gasteiger charge is 2.19. The first-order valence-electron chi connectivity index (χ1n) is 4.68. The highest BCUT2D eigenvalue weighted by Crippen LogP contribution is 2.22. The third kappa shape index (κ3) is 3.24. The Morgan fingerprint density at radius 3 is 1.55 bits per heavy atom. The molecule has 0 bridgehead atoms. The molecule has 0 fully saturated rings. The Kier molecular flexibility index (Phi) is 4.74. The first-order chi connectivity index (χ1) is 5.00. The van der Waals surface area contributed by atoms with Gasteiger partial charge in [0, 0.05) is 6.04 Å². The largest absolute Gasteiger partial charge is 0.317 e. The molecule has 0 aliphatic rings. The molecule has 0 spiro atoms. The molecule has 0 saturated carbocycles. The lowest BCUT2D eigenvalue weighted by atomic mass is 9.82. The summed E-state index contributed by atoms with van der Waals surface area (Å²) < 4.78 is 0. The summed E-state index contributed by atoms with van der Waals surface area (Å²) in [7, 11) is 2.04. The van der Waals surface area contributed by atoms with Gasteiger partial charge in [-0.25, -0.2) is 0 Å². The minimum Gasteiger partial charge on any atom is -0.317 e. The van der Waals surface area contributed by atoms with Crippen molar-refractivity contribution in [3.05, 3.63) is 0 Å². The van der Waals surface area contributed by atoms with Crippen molar-refractivity contribution in [2.75, 3.05) is 7.05 Å². The first kappa shape index (κ1) is 11.0. The quantitative estimate of drug-likeness (QED) is 0.661. The summed E-state index contributed by atoms with van der Waals surface area (Å²) in [6, 6.07) is 0.632. The van der Waals surface area contributed by atoms with Crippen molar-refractivity contribution in [1.29, 1.82) is 0 Å². The van der Waals surface area contributed by atoms with Crippen LogP contribution in [-0.2, 0) is 0 Å². The highest BCUT2D eigenvalue weighted by molar-refractivity contribution is 4.73. The lowest BCUT2D eigenvalue weighted by molar-refractivity contribution is 0.247. The predicted molar refractivity (Wildman–Crippen MR) is 51.7 cm³/mol. The molecule has 0 heterocycles. The monoisotopic (exact) mass is 157 g/mol. The smallest absolute Gasteiger partial charge is 0.00640 e. The van der Waals surface area contributed by atoms with Crippen molar-refractivity contribution in [1.82, 2.24) is 5.32 Å². The summed E-state index contributed by atoms with van der Waals surface area (Å²) in [4.78, 5) is 0. The molecule has 0 aromatic rings. The Morgan fingerprint density at radius 2 is 1.27 bits per heavy atom. The van der Waals surface area contributed by atoms with Crippen LogP contribution < -0.4 is 5.32 Å². The van der Waals surface area contributed by atoms with E-state index in [0.717, 1.165) is 17.8 Å². The zero-order chi connectivity index (χ0) is 9.02. The van der Waals surface area contributed by atoms with E-state index < -0.39 is 0 Å². The Bertz CT molecular complexity index is 99.0. The van der Waals surface area contributed by atoms with E-state index in [2.05, 4.69) is 39.9 Å². The van der Waals surface area contributed by atoms with Crippen LogP contribution in [0, 0.1) is 17.8 Å². The summed E-state index contributed by atoms with van der Waals surface area (Å²) in [5.74, 6) is 2.36. The molecule has 0 amide bonds. The van der Waals surface area contributed by atoms with E-state index in [1.807, 2.05) is 7.05 Å². The van der Waals surface area contributed by atoms with Gasteiger partial charge in [-0.3, -0.25) is 0 Å². The van der Waals surface area contributed by atoms with Gasteiger partial charge >= 0.3 is 0 Å². The topological polar surface area (TPSA) is 12.0 Å². The summed E-state index contributed by atoms with van der Waals surface area (Å²) in [5.41, 5.74) is 0. The van der Waals surface area contributed by atoms with Gasteiger partial charge in [-0.05, 0) is 31.7 Å². The zero-order valence-corrected chi connectivity index (χ0v) is 8.81. The second kappa shape index (κ2) is 4.76. The summed E-state index contributed by atoms with van der Waals surface area (Å²) >= 11 is 0. The molecule has 3 atom stereocenters. The number of rotatable bonds is 4. The molecule has 1 nitrogen and oxygen atoms in total. The van der Waals surface area contributed by atoms with Gasteiger partial charge in [0.1, 0.15) is 0 Å². The van der Waals surface area contributed by atoms with Gasteiger partial charge in [0.15, 0.2) is 0 Å². The number of nitrogens with one attached hydrogen (secondary N) is 1. The van der Waals surface area contributed by atoms with Crippen molar-refractivity contribution in [3.8, 4) is 0 Å². The van der Waals surface area contributed by atoms with E-state index in [-0.39, 0.29) is 0 Å². The molecule has 0 aliphatic carbocycles. The van der Waals surface area contributed by atoms with E-state index in [9.17, 15) is 0 Å². The fourth-order valence-electron chi connectivity index (χ4n) is 1.33. The van der Waals surface area contributed by atoms with Crippen LogP contribution in [0.2, 0.25) is 0 Å². The fraction of sp³-hybridized carbons (Fsp3) is 1.00. The summed E-state index contributed by atoms with van der Waals surface area (Å²) in [6.07, 6.45) is 0. The summed E-state index contributed by atoms with van der Waals surface area (Å²) in [5, 5.41) is 3.30. The molecule has 0 rings (SSSR count). The van der Waals surface area contributed by atoms with E-state index in [4.69, 9.17) is 0 Å². The number of hydrogen-bond acceptors (Lipinski definition) is 1. The molecular formula is C10H23N. The molecule has 0 radical (unpaired) electrons. The molecule has 68 valence electrons. The Morgan fingerprint density at radius 1 is 0.818 bits per heavy atom. The van der Waals surface area contributed by atoms with Gasteiger partial charge in [-0.1, -0.05) is 27.7 Å². The lowest BCUT2D eigenvalue weighted by Gasteiger charge is -2.28. The zero-order valence-electron chi connectivity index (χ0n) is 8.81. The Labute approximate surface area is 71.6 Å². The molecule has 0 saturated heterocycles. The standard InChI is InChI=1S/C10H23N/c1-7(2)8(3)9(4)10(5)11-6/h7-11H,1-6H3. The van der Waals surface area contributed by atoms with E-state index in [1.165, 1.54) is 0 Å². The van der Waals surface area contributed by atoms with Crippen molar-refractivity contribution >= 4 is 0 Å². The van der Waals surface area contributed by atoms with E-state index in [0.29, 0.717) is 6.04 Å². The number of hydrogen-bond donors (Lipinski definition) is 1. The average Bonchev–Trinajstić information content (AvgIpc) is 2.00. The molecule has 0 aromatic carbocycles. The molecule has 0 aliphatic heterocycles. The maximum Gasteiger partial charge on any atom is 0.00640 e. The Balaban J connectivity index is 3.90. The average molecular weight is 157 g/mol. The van der Waals surface area contributed by atoms with Gasteiger partial charge in [0.05, 0.1) is 0 Å². The minimum absolute atomic E-state index is 0.632. The van der Waals surface area contributed by atoms with Gasteiger partial charge in [-0.2, -0.15) is 0 Å². The van der Waals surface area contributed by atoms with Crippen molar-refractivity contribution < 1.29 is 0 Å². The van der Waals surface area contributed by atoms with Gasteiger partial charge in [0.2, 0.25) is 0 Å². The van der Waals surface area contributed by atoms with Crippen LogP contribution in [0.15, 0.2) is 0 Å². The fourth-order valence-corrected chi connectivity index (χ4v) is 1.33. The molecule has 3 unspecified atom stereocenters. The van der Waals surface area contributed by atoms with Crippen LogP contribution in [0.3, 0.4) is 0 Å². The maximum atomic E-state index is 3.30. The second-order valence-electron chi connectivity index (χ2n) is 4.04. The van der Waals surface area contributed by atoms with Crippen LogP contribution in [0.4, 0.5) is 0 Å². The lowest BCUT2D eigenvalue weighted by Crippen LogP contribution is -2.34. The minimum atomic E-state index is 0.632. The van der Waals surface area contributed by atoms with Crippen LogP contribution in [0.25, 0.3) is 0 Å². The van der Waals surface area contributed by atoms with Crippen LogP contribution in [-0.4, -0.2) is 13.1 Å². The summed E-state index contributed by atoms with van der Waals surface area (Å²) in [6.45, 7) is 11.5. The molecule has 1 heteroatoms. The third-order valence-corrected chi connectivity index (χ3v) is 3.12. The van der Waals surface area contributed by atoms with Gasteiger partial charge in [0.25, 0.3) is 0 Å². The van der Waals surface area contributed by atoms with Crippen LogP contribution in [0.1, 0.15) is 34.6 Å². The van der Waals surface area contributed by atoms with Crippen molar-refractivity contribution in [2.45, 2.75) is 40.7 Å². The third-order valence-electron chi connectivity index (χ3n) is 3.12. The Hall–Kier alpha value is -0.0400. The van der Waals surface area contributed by atoms with Gasteiger partial charge < -0.3 is 5.32 Å². The maximum absolute atomic E-state index is 3.30. The van der Waals surface area contributed by atoms with E-state index in [1.54, 1.807) is 0 Å². The van der Waals surface area contributed by atoms with Crippen molar-refractivity contribution in [3.63, 3.8) is 0 Å². The molecule has 11 heavy (non-hydrogen) atoms. The first-order valence-corrected chi connectivity index (χ1v) is 4.68. The molecule has 0 aromatic heterocycles. The molecule has 1 N–H and O–H groups in total. The SMILES string of the molecule is CNC(C)C(C)C(C)C(C)C. The van der Waals surface area contributed by atoms with Crippen molar-refractivity contribution in [2.24, 2.45) is 17.8 Å². The second-order valence-corrected chi connectivity index (χ2v) is 4.04. The normalized spacial score (nSPS) is 19.9. The molecular weight excluding hydrogens is 134 g/mol. The predicted octanol–water partition coefficient (Wildman–Crippen LogP) is 2.52. The van der Waals surface area contributed by atoms with Crippen LogP contribution >= 0.6 is 0 Å².